The number of ether oxygens (including phenoxy) is 1. The van der Waals surface area contributed by atoms with E-state index in [1.807, 2.05) is 0 Å². The van der Waals surface area contributed by atoms with Gasteiger partial charge in [-0.15, -0.1) is 0 Å². The quantitative estimate of drug-likeness (QED) is 0.108. The molecular weight excluding hydrogens is 504 g/mol. The van der Waals surface area contributed by atoms with Gasteiger partial charge < -0.3 is 42.6 Å². The lowest BCUT2D eigenvalue weighted by atomic mass is 10.1. The summed E-state index contributed by atoms with van der Waals surface area (Å²) >= 11 is 0. The van der Waals surface area contributed by atoms with E-state index in [2.05, 4.69) is 32.1 Å². The molecule has 1 aliphatic rings. The lowest BCUT2D eigenvalue weighted by Crippen LogP contribution is -2.38. The zero-order valence-corrected chi connectivity index (χ0v) is 21.0. The van der Waals surface area contributed by atoms with Crippen molar-refractivity contribution in [2.45, 2.75) is 49.8 Å². The minimum Gasteiger partial charge on any atom is -0.480 e. The fourth-order valence-electron chi connectivity index (χ4n) is 3.73. The van der Waals surface area contributed by atoms with Crippen LogP contribution in [0.5, 0.6) is 0 Å². The number of rotatable bonds is 12. The number of amides is 1. The SMILES string of the molecule is NCCCC(=O)NCC#CC[S+](CC[C@H](N)C(=O)O)C[C@H]1O[C@@H](n2cnc3c(N)ncnc32)[C@H](O)[C@@H]1O. The van der Waals surface area contributed by atoms with Gasteiger partial charge in [-0.2, -0.15) is 0 Å². The molecule has 10 N–H and O–H groups in total. The number of carbonyl (C=O) groups excluding carboxylic acids is 1. The summed E-state index contributed by atoms with van der Waals surface area (Å²) in [5.41, 5.74) is 17.6. The van der Waals surface area contributed by atoms with E-state index in [1.54, 1.807) is 0 Å². The molecule has 1 amide bonds. The Labute approximate surface area is 216 Å². The lowest BCUT2D eigenvalue weighted by Gasteiger charge is -2.16. The number of aliphatic hydroxyl groups is 2. The lowest BCUT2D eigenvalue weighted by molar-refractivity contribution is -0.138. The molecule has 3 heterocycles. The predicted octanol–water partition coefficient (Wildman–Crippen LogP) is -2.69. The van der Waals surface area contributed by atoms with Crippen LogP contribution in [-0.2, 0) is 25.2 Å². The summed E-state index contributed by atoms with van der Waals surface area (Å²) in [5.74, 6) is 5.99. The van der Waals surface area contributed by atoms with E-state index < -0.39 is 47.4 Å². The average molecular weight is 538 g/mol. The highest BCUT2D eigenvalue weighted by atomic mass is 32.2. The average Bonchev–Trinajstić information content (AvgIpc) is 3.42. The molecule has 37 heavy (non-hydrogen) atoms. The van der Waals surface area contributed by atoms with Crippen LogP contribution < -0.4 is 22.5 Å². The van der Waals surface area contributed by atoms with E-state index in [-0.39, 0.29) is 24.7 Å². The molecule has 2 aromatic rings. The summed E-state index contributed by atoms with van der Waals surface area (Å²) in [6.45, 7) is 0.612. The van der Waals surface area contributed by atoms with Crippen LogP contribution in [0.25, 0.3) is 11.2 Å². The number of carboxylic acids is 1. The molecule has 2 aromatic heterocycles. The standard InChI is InChI=1S/C22H32N8O6S/c23-6-3-4-15(31)26-7-1-2-8-37(9-5-13(24)22(34)35)10-14-17(32)18(33)21(36-14)30-12-29-16-19(25)27-11-28-20(16)30/h11-14,17-18,21,32-33H,3-10,23-24H2,(H3-,25,26,27,28,31,34,35)/p+1/t13-,14+,17+,18+,21+,37?/m0/s1. The highest BCUT2D eigenvalue weighted by Gasteiger charge is 2.47. The van der Waals surface area contributed by atoms with Gasteiger partial charge in [0, 0.05) is 23.7 Å². The summed E-state index contributed by atoms with van der Waals surface area (Å²) in [7, 11) is -0.511. The molecule has 0 saturated carbocycles. The second-order valence-corrected chi connectivity index (χ2v) is 10.8. The summed E-state index contributed by atoms with van der Waals surface area (Å²) in [6, 6.07) is -1.03. The summed E-state index contributed by atoms with van der Waals surface area (Å²) in [5, 5.41) is 33.3. The normalized spacial score (nSPS) is 22.8. The summed E-state index contributed by atoms with van der Waals surface area (Å²) in [6.07, 6.45) is -0.350. The van der Waals surface area contributed by atoms with Crippen LogP contribution in [0.15, 0.2) is 12.7 Å². The first kappa shape index (κ1) is 28.6. The summed E-state index contributed by atoms with van der Waals surface area (Å²) < 4.78 is 7.52. The van der Waals surface area contributed by atoms with E-state index in [0.29, 0.717) is 47.8 Å². The monoisotopic (exact) mass is 537 g/mol. The number of nitrogen functional groups attached to an aromatic ring is 1. The Morgan fingerprint density at radius 2 is 2.03 bits per heavy atom. The minimum atomic E-state index is -1.26. The van der Waals surface area contributed by atoms with Gasteiger partial charge in [-0.25, -0.2) is 15.0 Å². The maximum atomic E-state index is 11.7. The molecule has 15 heteroatoms. The number of fused-ring (bicyclic) bond motifs is 1. The number of hydrogen-bond donors (Lipinski definition) is 7. The molecule has 202 valence electrons. The number of nitrogens with zero attached hydrogens (tertiary/aromatic N) is 4. The molecule has 6 atom stereocenters. The molecule has 0 aliphatic carbocycles. The van der Waals surface area contributed by atoms with Gasteiger partial charge in [0.1, 0.15) is 47.7 Å². The van der Waals surface area contributed by atoms with Crippen molar-refractivity contribution in [3.63, 3.8) is 0 Å². The zero-order valence-electron chi connectivity index (χ0n) is 20.2. The number of nitrogens with two attached hydrogens (primary N) is 3. The van der Waals surface area contributed by atoms with Crippen LogP contribution >= 0.6 is 0 Å². The van der Waals surface area contributed by atoms with Gasteiger partial charge >= 0.3 is 5.97 Å². The van der Waals surface area contributed by atoms with Crippen molar-refractivity contribution in [3.05, 3.63) is 12.7 Å². The van der Waals surface area contributed by atoms with Crippen LogP contribution in [0.1, 0.15) is 25.5 Å². The third-order valence-electron chi connectivity index (χ3n) is 5.82. The topological polar surface area (TPSA) is 238 Å². The van der Waals surface area contributed by atoms with Gasteiger partial charge in [-0.1, -0.05) is 5.92 Å². The van der Waals surface area contributed by atoms with Crippen molar-refractivity contribution in [2.75, 3.05) is 36.1 Å². The van der Waals surface area contributed by atoms with Gasteiger partial charge in [0.25, 0.3) is 0 Å². The smallest absolute Gasteiger partial charge is 0.320 e. The number of aromatic nitrogens is 4. The highest BCUT2D eigenvalue weighted by Crippen LogP contribution is 2.33. The molecule has 0 bridgehead atoms. The third-order valence-corrected chi connectivity index (χ3v) is 7.98. The molecule has 0 spiro atoms. The fraction of sp³-hybridized carbons (Fsp3) is 0.591. The molecule has 0 radical (unpaired) electrons. The largest absolute Gasteiger partial charge is 0.480 e. The van der Waals surface area contributed by atoms with Crippen molar-refractivity contribution in [2.24, 2.45) is 11.5 Å². The van der Waals surface area contributed by atoms with Crippen LogP contribution in [0, 0.1) is 11.8 Å². The van der Waals surface area contributed by atoms with Gasteiger partial charge in [-0.3, -0.25) is 14.2 Å². The van der Waals surface area contributed by atoms with Crippen molar-refractivity contribution in [3.8, 4) is 11.8 Å². The summed E-state index contributed by atoms with van der Waals surface area (Å²) in [4.78, 5) is 35.1. The van der Waals surface area contributed by atoms with Crippen LogP contribution in [0.4, 0.5) is 5.82 Å². The van der Waals surface area contributed by atoms with Gasteiger partial charge in [0.05, 0.1) is 12.9 Å². The first-order chi connectivity index (χ1) is 17.7. The highest BCUT2D eigenvalue weighted by molar-refractivity contribution is 7.97. The Morgan fingerprint density at radius 3 is 2.76 bits per heavy atom. The zero-order chi connectivity index (χ0) is 26.9. The number of imidazole rings is 1. The number of aliphatic carboxylic acids is 1. The van der Waals surface area contributed by atoms with Crippen molar-refractivity contribution in [1.82, 2.24) is 24.8 Å². The fourth-order valence-corrected chi connectivity index (χ4v) is 5.79. The number of anilines is 1. The molecule has 1 saturated heterocycles. The van der Waals surface area contributed by atoms with Crippen LogP contribution in [-0.4, -0.2) is 101 Å². The maximum absolute atomic E-state index is 11.7. The molecule has 0 aromatic carbocycles. The molecule has 1 fully saturated rings. The molecule has 3 rings (SSSR count). The third kappa shape index (κ3) is 7.51. The van der Waals surface area contributed by atoms with Crippen LogP contribution in [0.2, 0.25) is 0 Å². The number of carbonyl (C=O) groups is 2. The Kier molecular flexibility index (Phi) is 10.4. The van der Waals surface area contributed by atoms with Gasteiger partial charge in [0.2, 0.25) is 5.91 Å². The Morgan fingerprint density at radius 1 is 1.24 bits per heavy atom. The molecule has 14 nitrogen and oxygen atoms in total. The second kappa shape index (κ2) is 13.5. The van der Waals surface area contributed by atoms with Crippen molar-refractivity contribution < 1.29 is 29.6 Å². The van der Waals surface area contributed by atoms with E-state index in [0.717, 1.165) is 0 Å². The predicted molar refractivity (Wildman–Crippen MR) is 137 cm³/mol. The van der Waals surface area contributed by atoms with Crippen LogP contribution in [0.3, 0.4) is 0 Å². The van der Waals surface area contributed by atoms with E-state index in [9.17, 15) is 19.8 Å². The Hall–Kier alpha value is -3.00. The Bertz CT molecular complexity index is 1140. The number of hydrogen-bond acceptors (Lipinski definition) is 11. The second-order valence-electron chi connectivity index (χ2n) is 8.51. The van der Waals surface area contributed by atoms with E-state index >= 15 is 0 Å². The number of nitrogens with one attached hydrogen (secondary N) is 1. The molecule has 1 aliphatic heterocycles. The van der Waals surface area contributed by atoms with E-state index in [1.165, 1.54) is 17.2 Å². The first-order valence-electron chi connectivity index (χ1n) is 11.7. The molecule has 1 unspecified atom stereocenters. The maximum Gasteiger partial charge on any atom is 0.320 e. The first-order valence-corrected chi connectivity index (χ1v) is 13.5. The Balaban J connectivity index is 1.66. The van der Waals surface area contributed by atoms with E-state index in [4.69, 9.17) is 27.0 Å². The number of aliphatic hydroxyl groups excluding tert-OH is 2. The molecular formula is C22H33N8O6S+. The number of carboxylic acid groups (broad SMARTS) is 1. The van der Waals surface area contributed by atoms with Crippen molar-refractivity contribution in [1.29, 1.82) is 0 Å². The van der Waals surface area contributed by atoms with Gasteiger partial charge in [-0.05, 0) is 18.9 Å². The van der Waals surface area contributed by atoms with Crippen molar-refractivity contribution >= 4 is 39.8 Å². The minimum absolute atomic E-state index is 0.132. The van der Waals surface area contributed by atoms with Gasteiger partial charge in [0.15, 0.2) is 23.4 Å².